The zero-order chi connectivity index (χ0) is 14.5. The van der Waals surface area contributed by atoms with E-state index in [1.165, 1.54) is 6.26 Å². The summed E-state index contributed by atoms with van der Waals surface area (Å²) >= 11 is 0. The Bertz CT molecular complexity index is 392. The molecule has 0 aromatic rings. The average Bonchev–Trinajstić information content (AvgIpc) is 2.31. The second-order valence-electron chi connectivity index (χ2n) is 5.77. The third-order valence-electron chi connectivity index (χ3n) is 3.93. The number of hydrogen-bond acceptors (Lipinski definition) is 4. The summed E-state index contributed by atoms with van der Waals surface area (Å²) in [6.07, 6.45) is 5.50. The van der Waals surface area contributed by atoms with Crippen LogP contribution >= 0.6 is 0 Å². The molecule has 1 aliphatic carbocycles. The van der Waals surface area contributed by atoms with Crippen molar-refractivity contribution < 1.29 is 17.9 Å². The van der Waals surface area contributed by atoms with E-state index in [-0.39, 0.29) is 11.5 Å². The van der Waals surface area contributed by atoms with E-state index in [2.05, 4.69) is 6.92 Å². The van der Waals surface area contributed by atoms with Crippen LogP contribution in [0.1, 0.15) is 52.4 Å². The highest BCUT2D eigenvalue weighted by Gasteiger charge is 2.40. The zero-order valence-electron chi connectivity index (χ0n) is 12.3. The summed E-state index contributed by atoms with van der Waals surface area (Å²) in [4.78, 5) is 12.4. The van der Waals surface area contributed by atoms with Crippen molar-refractivity contribution in [2.75, 3.05) is 18.6 Å². The van der Waals surface area contributed by atoms with Gasteiger partial charge in [-0.2, -0.15) is 0 Å². The van der Waals surface area contributed by atoms with Gasteiger partial charge in [-0.3, -0.25) is 4.79 Å². The molecular weight excluding hydrogens is 264 g/mol. The van der Waals surface area contributed by atoms with Crippen LogP contribution in [0.15, 0.2) is 0 Å². The van der Waals surface area contributed by atoms with Crippen molar-refractivity contribution in [1.82, 2.24) is 0 Å². The maximum absolute atomic E-state index is 12.4. The molecule has 4 nitrogen and oxygen atoms in total. The summed E-state index contributed by atoms with van der Waals surface area (Å²) in [5.74, 6) is 0.819. The molecule has 0 aromatic heterocycles. The van der Waals surface area contributed by atoms with Crippen molar-refractivity contribution in [3.8, 4) is 0 Å². The molecule has 112 valence electrons. The van der Waals surface area contributed by atoms with Crippen LogP contribution in [-0.4, -0.2) is 38.4 Å². The molecular formula is C14H26O4S. The number of ketones is 1. The van der Waals surface area contributed by atoms with E-state index < -0.39 is 15.4 Å². The van der Waals surface area contributed by atoms with Gasteiger partial charge in [-0.25, -0.2) is 8.42 Å². The van der Waals surface area contributed by atoms with Crippen molar-refractivity contribution in [3.63, 3.8) is 0 Å². The average molecular weight is 290 g/mol. The fourth-order valence-electron chi connectivity index (χ4n) is 2.73. The lowest BCUT2D eigenvalue weighted by Crippen LogP contribution is -2.44. The lowest BCUT2D eigenvalue weighted by molar-refractivity contribution is -0.150. The Morgan fingerprint density at radius 3 is 2.37 bits per heavy atom. The molecule has 0 bridgehead atoms. The maximum Gasteiger partial charge on any atom is 0.164 e. The molecule has 0 saturated heterocycles. The quantitative estimate of drug-likeness (QED) is 0.722. The van der Waals surface area contributed by atoms with E-state index in [1.54, 1.807) is 0 Å². The highest BCUT2D eigenvalue weighted by atomic mass is 32.2. The van der Waals surface area contributed by atoms with Crippen molar-refractivity contribution >= 4 is 15.6 Å². The molecule has 0 N–H and O–H groups in total. The van der Waals surface area contributed by atoms with Crippen LogP contribution in [0.5, 0.6) is 0 Å². The van der Waals surface area contributed by atoms with Crippen LogP contribution in [0.3, 0.4) is 0 Å². The van der Waals surface area contributed by atoms with Crippen LogP contribution in [0.2, 0.25) is 0 Å². The van der Waals surface area contributed by atoms with Gasteiger partial charge in [-0.05, 0) is 44.9 Å². The van der Waals surface area contributed by atoms with Crippen LogP contribution in [0, 0.1) is 5.92 Å². The molecule has 5 heteroatoms. The van der Waals surface area contributed by atoms with Gasteiger partial charge in [0.15, 0.2) is 5.78 Å². The molecule has 0 amide bonds. The number of carbonyl (C=O) groups is 1. The molecule has 0 unspecified atom stereocenters. The summed E-state index contributed by atoms with van der Waals surface area (Å²) in [6.45, 7) is 4.64. The van der Waals surface area contributed by atoms with Crippen LogP contribution in [0.4, 0.5) is 0 Å². The fourth-order valence-corrected chi connectivity index (χ4v) is 3.40. The number of hydrogen-bond donors (Lipinski definition) is 0. The summed E-state index contributed by atoms with van der Waals surface area (Å²) in [6, 6.07) is 0. The van der Waals surface area contributed by atoms with Gasteiger partial charge >= 0.3 is 0 Å². The first-order valence-electron chi connectivity index (χ1n) is 7.14. The number of sulfone groups is 1. The Morgan fingerprint density at radius 2 is 1.89 bits per heavy atom. The number of rotatable bonds is 7. The second-order valence-corrected chi connectivity index (χ2v) is 8.03. The third kappa shape index (κ3) is 5.22. The molecule has 0 radical (unpaired) electrons. The first-order valence-corrected chi connectivity index (χ1v) is 9.20. The summed E-state index contributed by atoms with van der Waals surface area (Å²) in [5, 5.41) is 0. The van der Waals surface area contributed by atoms with Crippen LogP contribution < -0.4 is 0 Å². The molecule has 1 rings (SSSR count). The van der Waals surface area contributed by atoms with E-state index in [1.807, 2.05) is 6.92 Å². The molecule has 0 atom stereocenters. The minimum atomic E-state index is -2.98. The highest BCUT2D eigenvalue weighted by molar-refractivity contribution is 7.90. The van der Waals surface area contributed by atoms with Gasteiger partial charge in [-0.15, -0.1) is 0 Å². The van der Waals surface area contributed by atoms with Gasteiger partial charge in [0.25, 0.3) is 0 Å². The van der Waals surface area contributed by atoms with E-state index in [4.69, 9.17) is 4.74 Å². The zero-order valence-corrected chi connectivity index (χ0v) is 13.1. The second kappa shape index (κ2) is 6.84. The van der Waals surface area contributed by atoms with E-state index in [0.717, 1.165) is 25.7 Å². The molecule has 0 spiro atoms. The Balaban J connectivity index is 2.58. The van der Waals surface area contributed by atoms with Gasteiger partial charge in [0.05, 0.1) is 5.75 Å². The van der Waals surface area contributed by atoms with E-state index in [9.17, 15) is 13.2 Å². The monoisotopic (exact) mass is 290 g/mol. The van der Waals surface area contributed by atoms with Gasteiger partial charge < -0.3 is 4.74 Å². The number of ether oxygens (including phenoxy) is 1. The third-order valence-corrected chi connectivity index (χ3v) is 4.96. The van der Waals surface area contributed by atoms with Gasteiger partial charge in [0.2, 0.25) is 0 Å². The van der Waals surface area contributed by atoms with Gasteiger partial charge in [0, 0.05) is 19.3 Å². The van der Waals surface area contributed by atoms with Crippen molar-refractivity contribution in [2.45, 2.75) is 58.0 Å². The van der Waals surface area contributed by atoms with E-state index >= 15 is 0 Å². The van der Waals surface area contributed by atoms with Crippen LogP contribution in [-0.2, 0) is 19.4 Å². The summed E-state index contributed by atoms with van der Waals surface area (Å²) < 4.78 is 28.0. The first kappa shape index (κ1) is 16.6. The molecule has 0 aromatic carbocycles. The fraction of sp³-hybridized carbons (Fsp3) is 0.929. The molecule has 1 aliphatic rings. The smallest absolute Gasteiger partial charge is 0.164 e. The Labute approximate surface area is 116 Å². The predicted molar refractivity (Wildman–Crippen MR) is 75.9 cm³/mol. The lowest BCUT2D eigenvalue weighted by Gasteiger charge is -2.37. The Kier molecular flexibility index (Phi) is 5.99. The SMILES string of the molecule is CCOC1(C(=O)CCCS(C)(=O)=O)CCC(C)CC1. The first-order chi connectivity index (χ1) is 8.79. The molecule has 0 aliphatic heterocycles. The topological polar surface area (TPSA) is 60.4 Å². The molecule has 19 heavy (non-hydrogen) atoms. The van der Waals surface area contributed by atoms with E-state index in [0.29, 0.717) is 25.4 Å². The number of Topliss-reactive ketones (excluding diaryl/α,β-unsaturated/α-hetero) is 1. The summed E-state index contributed by atoms with van der Waals surface area (Å²) in [5.41, 5.74) is -0.640. The normalized spacial score (nSPS) is 28.3. The highest BCUT2D eigenvalue weighted by Crippen LogP contribution is 2.36. The minimum Gasteiger partial charge on any atom is -0.368 e. The van der Waals surface area contributed by atoms with Gasteiger partial charge in [0.1, 0.15) is 15.4 Å². The lowest BCUT2D eigenvalue weighted by atomic mass is 9.76. The van der Waals surface area contributed by atoms with Crippen LogP contribution in [0.25, 0.3) is 0 Å². The number of carbonyl (C=O) groups excluding carboxylic acids is 1. The van der Waals surface area contributed by atoms with Gasteiger partial charge in [-0.1, -0.05) is 6.92 Å². The standard InChI is InChI=1S/C14H26O4S/c1-4-18-14(9-7-12(2)8-10-14)13(15)6-5-11-19(3,16)17/h12H,4-11H2,1-3H3. The predicted octanol–water partition coefficient (Wildman–Crippen LogP) is 2.37. The molecule has 1 saturated carbocycles. The largest absolute Gasteiger partial charge is 0.368 e. The Morgan fingerprint density at radius 1 is 1.32 bits per heavy atom. The Hall–Kier alpha value is -0.420. The minimum absolute atomic E-state index is 0.0807. The molecule has 1 fully saturated rings. The van der Waals surface area contributed by atoms with Crippen molar-refractivity contribution in [1.29, 1.82) is 0 Å². The van der Waals surface area contributed by atoms with Crippen molar-refractivity contribution in [3.05, 3.63) is 0 Å². The molecule has 0 heterocycles. The maximum atomic E-state index is 12.4. The summed E-state index contributed by atoms with van der Waals surface area (Å²) in [7, 11) is -2.98. The van der Waals surface area contributed by atoms with Crippen molar-refractivity contribution in [2.24, 2.45) is 5.92 Å².